The van der Waals surface area contributed by atoms with Crippen molar-refractivity contribution in [3.63, 3.8) is 0 Å². The summed E-state index contributed by atoms with van der Waals surface area (Å²) in [5, 5.41) is 13.8. The Morgan fingerprint density at radius 3 is 0.491 bits per heavy atom. The number of hydrogen-bond acceptors (Lipinski definition) is 12. The van der Waals surface area contributed by atoms with Crippen LogP contribution in [0.5, 0.6) is 34.5 Å². The fourth-order valence-corrected chi connectivity index (χ4v) is 22.1. The van der Waals surface area contributed by atoms with Gasteiger partial charge in [0.15, 0.2) is 34.5 Å². The Morgan fingerprint density at radius 2 is 0.324 bits per heavy atom. The van der Waals surface area contributed by atoms with Crippen LogP contribution in [0.15, 0.2) is 81.6 Å². The molecule has 0 spiro atoms. The second kappa shape index (κ2) is 50.4. The minimum absolute atomic E-state index is 0.655. The summed E-state index contributed by atoms with van der Waals surface area (Å²) in [5.41, 5.74) is 19.0. The molecule has 4 aromatic rings. The van der Waals surface area contributed by atoms with E-state index < -0.39 is 0 Å². The van der Waals surface area contributed by atoms with Crippen molar-refractivity contribution in [3.05, 3.63) is 115 Å². The Bertz CT molecular complexity index is 3160. The van der Waals surface area contributed by atoms with E-state index in [2.05, 4.69) is 110 Å². The Labute approximate surface area is 682 Å². The SMILES string of the molecule is CCCCCCCCCCOc1cc2c(cc1OCCCCCCCCCC)-c1c(c3c(c4c1C(=C1SC=CS1)c1cc(OCCCCCCCCCC)c(OCCCCCCCCCC)cc1-4)C(=C1SC=CS1)c1cc(OCCCCCCCCCC)c(OCCCCCCCCCC)cc1-3)C2=C1SC=CS1. The molecule has 0 aromatic heterocycles. The van der Waals surface area contributed by atoms with Gasteiger partial charge in [-0.15, -0.1) is 0 Å². The van der Waals surface area contributed by atoms with Gasteiger partial charge in [0, 0.05) is 33.4 Å². The molecule has 0 amide bonds. The molecule has 6 nitrogen and oxygen atoms in total. The summed E-state index contributed by atoms with van der Waals surface area (Å²) in [5.74, 6) is 5.18. The van der Waals surface area contributed by atoms with E-state index in [-0.39, 0.29) is 0 Å². The zero-order chi connectivity index (χ0) is 75.0. The predicted octanol–water partition coefficient (Wildman–Crippen LogP) is 33.7. The third-order valence-electron chi connectivity index (χ3n) is 22.5. The first kappa shape index (κ1) is 86.6. The van der Waals surface area contributed by atoms with Gasteiger partial charge in [-0.2, -0.15) is 0 Å². The van der Waals surface area contributed by atoms with Crippen LogP contribution < -0.4 is 28.4 Å². The molecule has 0 N–H and O–H groups in total. The lowest BCUT2D eigenvalue weighted by molar-refractivity contribution is 0.258. The van der Waals surface area contributed by atoms with Crippen LogP contribution in [0.2, 0.25) is 0 Å². The average Bonchev–Trinajstić information content (AvgIpc) is 1.50. The van der Waals surface area contributed by atoms with Gasteiger partial charge < -0.3 is 28.4 Å². The van der Waals surface area contributed by atoms with Crippen LogP contribution in [0.3, 0.4) is 0 Å². The maximum atomic E-state index is 7.27. The Kier molecular flexibility index (Phi) is 40.5. The van der Waals surface area contributed by atoms with E-state index >= 15 is 0 Å². The van der Waals surface area contributed by atoms with E-state index in [1.54, 1.807) is 0 Å². The maximum Gasteiger partial charge on any atom is 0.161 e. The number of ether oxygens (including phenoxy) is 6. The molecular weight excluding hydrogens is 1440 g/mol. The van der Waals surface area contributed by atoms with Crippen LogP contribution in [0.1, 0.15) is 383 Å². The molecule has 594 valence electrons. The fourth-order valence-electron chi connectivity index (χ4n) is 16.4. The van der Waals surface area contributed by atoms with Crippen LogP contribution in [-0.2, 0) is 0 Å². The second-order valence-electron chi connectivity index (χ2n) is 31.2. The largest absolute Gasteiger partial charge is 0.490 e. The van der Waals surface area contributed by atoms with Gasteiger partial charge in [0.05, 0.1) is 52.4 Å². The van der Waals surface area contributed by atoms with Crippen molar-refractivity contribution < 1.29 is 28.4 Å². The molecule has 0 unspecified atom stereocenters. The molecule has 3 aliphatic carbocycles. The van der Waals surface area contributed by atoms with Gasteiger partial charge in [-0.25, -0.2) is 0 Å². The van der Waals surface area contributed by atoms with Gasteiger partial charge in [-0.05, 0) is 157 Å². The number of fused-ring (bicyclic) bond motifs is 12. The van der Waals surface area contributed by atoms with Gasteiger partial charge in [-0.1, -0.05) is 382 Å². The Morgan fingerprint density at radius 1 is 0.176 bits per heavy atom. The third kappa shape index (κ3) is 25.4. The van der Waals surface area contributed by atoms with Crippen molar-refractivity contribution in [2.75, 3.05) is 39.6 Å². The number of thioether (sulfide) groups is 6. The number of unbranched alkanes of at least 4 members (excludes halogenated alkanes) is 42. The summed E-state index contributed by atoms with van der Waals surface area (Å²) in [6.45, 7) is 17.8. The molecule has 0 saturated heterocycles. The highest BCUT2D eigenvalue weighted by Crippen LogP contribution is 2.70. The zero-order valence-electron chi connectivity index (χ0n) is 68.0. The normalized spacial score (nSPS) is 14.3. The smallest absolute Gasteiger partial charge is 0.161 e. The minimum atomic E-state index is 0.655. The topological polar surface area (TPSA) is 55.4 Å². The van der Waals surface area contributed by atoms with Crippen LogP contribution >= 0.6 is 70.6 Å². The van der Waals surface area contributed by atoms with E-state index in [9.17, 15) is 0 Å². The summed E-state index contributed by atoms with van der Waals surface area (Å²) in [7, 11) is 0. The highest BCUT2D eigenvalue weighted by molar-refractivity contribution is 8.28. The van der Waals surface area contributed by atoms with Crippen molar-refractivity contribution >= 4 is 87.3 Å². The van der Waals surface area contributed by atoms with Crippen LogP contribution in [0.25, 0.3) is 50.1 Å². The summed E-state index contributed by atoms with van der Waals surface area (Å²) < 4.78 is 47.3. The predicted molar refractivity (Wildman–Crippen MR) is 482 cm³/mol. The van der Waals surface area contributed by atoms with Gasteiger partial charge in [0.1, 0.15) is 0 Å². The van der Waals surface area contributed by atoms with E-state index in [0.717, 1.165) is 73.0 Å². The summed E-state index contributed by atoms with van der Waals surface area (Å²) in [6, 6.07) is 14.6. The summed E-state index contributed by atoms with van der Waals surface area (Å²) in [4.78, 5) is 0. The van der Waals surface area contributed by atoms with Crippen molar-refractivity contribution in [1.29, 1.82) is 0 Å². The molecule has 6 aliphatic rings. The molecule has 4 aromatic carbocycles. The average molecular weight is 1580 g/mol. The first-order valence-electron chi connectivity index (χ1n) is 44.3. The van der Waals surface area contributed by atoms with Crippen LogP contribution in [-0.4, -0.2) is 39.6 Å². The van der Waals surface area contributed by atoms with Crippen molar-refractivity contribution in [2.45, 2.75) is 350 Å². The first-order chi connectivity index (χ1) is 53.5. The lowest BCUT2D eigenvalue weighted by Crippen LogP contribution is -2.04. The lowest BCUT2D eigenvalue weighted by Gasteiger charge is -2.20. The molecule has 3 aliphatic heterocycles. The monoisotopic (exact) mass is 1580 g/mol. The molecule has 12 heteroatoms. The molecule has 0 saturated carbocycles. The Hall–Kier alpha value is -3.78. The number of hydrogen-bond donors (Lipinski definition) is 0. The zero-order valence-corrected chi connectivity index (χ0v) is 72.9. The van der Waals surface area contributed by atoms with Gasteiger partial charge >= 0.3 is 0 Å². The minimum Gasteiger partial charge on any atom is -0.490 e. The number of benzene rings is 4. The molecule has 0 atom stereocenters. The van der Waals surface area contributed by atoms with Crippen molar-refractivity contribution in [2.24, 2.45) is 0 Å². The van der Waals surface area contributed by atoms with Crippen molar-refractivity contribution in [1.82, 2.24) is 0 Å². The van der Waals surface area contributed by atoms with E-state index in [4.69, 9.17) is 28.4 Å². The van der Waals surface area contributed by atoms with Crippen LogP contribution in [0, 0.1) is 0 Å². The Balaban J connectivity index is 1.16. The molecular formula is C96H138O6S6. The van der Waals surface area contributed by atoms with Gasteiger partial charge in [0.2, 0.25) is 0 Å². The van der Waals surface area contributed by atoms with Crippen molar-refractivity contribution in [3.8, 4) is 67.9 Å². The van der Waals surface area contributed by atoms with Gasteiger partial charge in [0.25, 0.3) is 0 Å². The first-order valence-corrected chi connectivity index (χ1v) is 49.6. The fraction of sp³-hybridized carbons (Fsp3) is 0.625. The van der Waals surface area contributed by atoms with E-state index in [1.165, 1.54) is 366 Å². The molecule has 3 heterocycles. The molecule has 10 rings (SSSR count). The third-order valence-corrected chi connectivity index (χ3v) is 28.9. The second-order valence-corrected chi connectivity index (χ2v) is 37.5. The molecule has 0 bridgehead atoms. The molecule has 0 fully saturated rings. The molecule has 0 radical (unpaired) electrons. The number of rotatable bonds is 60. The van der Waals surface area contributed by atoms with Gasteiger partial charge in [-0.3, -0.25) is 0 Å². The quantitative estimate of drug-likeness (QED) is 0.0341. The van der Waals surface area contributed by atoms with E-state index in [0.29, 0.717) is 39.6 Å². The van der Waals surface area contributed by atoms with Crippen LogP contribution in [0.4, 0.5) is 0 Å². The molecule has 108 heavy (non-hydrogen) atoms. The van der Waals surface area contributed by atoms with E-state index in [1.807, 2.05) is 70.6 Å². The highest BCUT2D eigenvalue weighted by Gasteiger charge is 2.47. The summed E-state index contributed by atoms with van der Waals surface area (Å²) in [6.07, 6.45) is 60.0. The highest BCUT2D eigenvalue weighted by atomic mass is 32.2. The standard InChI is InChI=1S/C96H138O6S6/c1-7-13-19-25-31-37-43-49-55-97-79-67-73-76(70-82(79)100-58-52-46-40-34-28-22-16-10-4)88(94-103-61-62-104-94)91-85(73)92-87(74-68-80(98-56-50-44-38-32-26-20-14-8-2)83(71-77(74)89(92)95-105-63-64-106-95)101-59-53-47-41-35-29-23-17-11-5)93-86(91)75-69-81(99-57-51-45-39-33-27-21-15-9-3)84(72-78(75)90(93)96-107-65-66-108-96)102-60-54-48-42-36-30-24-18-12-6/h61-72H,7-60H2,1-6H3. The summed E-state index contributed by atoms with van der Waals surface area (Å²) >= 11 is 11.2. The maximum absolute atomic E-state index is 7.27. The lowest BCUT2D eigenvalue weighted by atomic mass is 9.84.